The predicted octanol–water partition coefficient (Wildman–Crippen LogP) is 1.37. The lowest BCUT2D eigenvalue weighted by Gasteiger charge is -2.32. The van der Waals surface area contributed by atoms with Gasteiger partial charge in [-0.05, 0) is 48.3 Å². The maximum absolute atomic E-state index is 14.1. The minimum atomic E-state index is -1.38. The summed E-state index contributed by atoms with van der Waals surface area (Å²) in [5, 5.41) is 12.3. The summed E-state index contributed by atoms with van der Waals surface area (Å²) in [6, 6.07) is 8.86. The number of nitrogen functional groups attached to an aromatic ring is 1. The Labute approximate surface area is 226 Å². The average Bonchev–Trinajstić information content (AvgIpc) is 3.32. The molecule has 39 heavy (non-hydrogen) atoms. The third kappa shape index (κ3) is 5.85. The molecular formula is C25H25N5O8S. The van der Waals surface area contributed by atoms with Crippen molar-refractivity contribution in [3.8, 4) is 17.2 Å². The Bertz CT molecular complexity index is 1410. The highest BCUT2D eigenvalue weighted by Gasteiger charge is 2.37. The number of phenols is 1. The topological polar surface area (TPSA) is 196 Å². The van der Waals surface area contributed by atoms with Crippen LogP contribution in [0.4, 0.5) is 11.4 Å². The lowest BCUT2D eigenvalue weighted by Crippen LogP contribution is -2.45. The number of primary amides is 1. The number of ether oxygens (including phenoxy) is 3. The summed E-state index contributed by atoms with van der Waals surface area (Å²) >= 11 is 0.647. The molecule has 14 heteroatoms. The number of phenolic OH excluding ortho intramolecular Hbond substituents is 1. The van der Waals surface area contributed by atoms with Crippen LogP contribution in [-0.2, 0) is 14.3 Å². The third-order valence-corrected chi connectivity index (χ3v) is 6.46. The number of anilines is 2. The molecule has 0 saturated heterocycles. The van der Waals surface area contributed by atoms with E-state index in [0.29, 0.717) is 29.6 Å². The second-order valence-corrected chi connectivity index (χ2v) is 8.93. The van der Waals surface area contributed by atoms with Crippen LogP contribution in [0.5, 0.6) is 17.2 Å². The Hall–Kier alpha value is -4.85. The van der Waals surface area contributed by atoms with Gasteiger partial charge in [0.1, 0.15) is 36.4 Å². The van der Waals surface area contributed by atoms with E-state index in [1.165, 1.54) is 30.3 Å². The molecule has 1 atom stereocenters. The highest BCUT2D eigenvalue weighted by atomic mass is 32.1. The highest BCUT2D eigenvalue weighted by molar-refractivity contribution is 7.09. The van der Waals surface area contributed by atoms with E-state index in [1.54, 1.807) is 19.1 Å². The fraction of sp³-hybridized carbons (Fsp3) is 0.240. The molecule has 4 rings (SSSR count). The molecule has 3 amide bonds. The highest BCUT2D eigenvalue weighted by Crippen LogP contribution is 2.39. The van der Waals surface area contributed by atoms with Crippen molar-refractivity contribution in [2.75, 3.05) is 37.0 Å². The maximum Gasteiger partial charge on any atom is 0.325 e. The Morgan fingerprint density at radius 1 is 1.13 bits per heavy atom. The number of aromatic hydroxyl groups is 1. The SMILES string of the molecule is CCOC(=O)CNC(=O)[C@H](c1ccc(O)cc1)N(C(=O)c1snc(C(N)=O)c1N)c1ccc2c(c1)OCCO2. The van der Waals surface area contributed by atoms with E-state index >= 15 is 0 Å². The number of esters is 1. The average molecular weight is 556 g/mol. The molecule has 3 aromatic rings. The summed E-state index contributed by atoms with van der Waals surface area (Å²) in [6.45, 7) is 1.90. The molecule has 1 aromatic heterocycles. The second-order valence-electron chi connectivity index (χ2n) is 8.16. The first-order chi connectivity index (χ1) is 18.7. The Morgan fingerprint density at radius 3 is 2.46 bits per heavy atom. The van der Waals surface area contributed by atoms with Gasteiger partial charge in [-0.3, -0.25) is 24.1 Å². The van der Waals surface area contributed by atoms with Crippen LogP contribution in [0.2, 0.25) is 0 Å². The van der Waals surface area contributed by atoms with Gasteiger partial charge in [0.05, 0.1) is 12.3 Å². The molecule has 2 aromatic carbocycles. The van der Waals surface area contributed by atoms with E-state index < -0.39 is 36.3 Å². The van der Waals surface area contributed by atoms with Gasteiger partial charge in [-0.15, -0.1) is 0 Å². The smallest absolute Gasteiger partial charge is 0.325 e. The van der Waals surface area contributed by atoms with Crippen molar-refractivity contribution in [3.63, 3.8) is 0 Å². The summed E-state index contributed by atoms with van der Waals surface area (Å²) < 4.78 is 20.1. The number of amides is 3. The normalized spacial score (nSPS) is 12.7. The van der Waals surface area contributed by atoms with E-state index in [-0.39, 0.29) is 46.5 Å². The van der Waals surface area contributed by atoms with Gasteiger partial charge in [-0.25, -0.2) is 0 Å². The molecule has 0 saturated carbocycles. The molecular weight excluding hydrogens is 530 g/mol. The lowest BCUT2D eigenvalue weighted by atomic mass is 10.0. The molecule has 13 nitrogen and oxygen atoms in total. The van der Waals surface area contributed by atoms with E-state index in [1.807, 2.05) is 0 Å². The van der Waals surface area contributed by atoms with Gasteiger partial charge in [0, 0.05) is 11.8 Å². The van der Waals surface area contributed by atoms with Gasteiger partial charge >= 0.3 is 5.97 Å². The molecule has 1 aliphatic heterocycles. The summed E-state index contributed by atoms with van der Waals surface area (Å²) in [7, 11) is 0. The van der Waals surface area contributed by atoms with Gasteiger partial charge in [0.2, 0.25) is 5.91 Å². The van der Waals surface area contributed by atoms with Crippen LogP contribution in [-0.4, -0.2) is 59.5 Å². The van der Waals surface area contributed by atoms with E-state index in [0.717, 1.165) is 4.90 Å². The summed E-state index contributed by atoms with van der Waals surface area (Å²) in [6.07, 6.45) is 0. The predicted molar refractivity (Wildman–Crippen MR) is 140 cm³/mol. The van der Waals surface area contributed by atoms with Crippen LogP contribution in [0.15, 0.2) is 42.5 Å². The fourth-order valence-corrected chi connectivity index (χ4v) is 4.59. The molecule has 204 valence electrons. The van der Waals surface area contributed by atoms with Gasteiger partial charge in [0.15, 0.2) is 17.2 Å². The van der Waals surface area contributed by atoms with Crippen LogP contribution < -0.4 is 31.2 Å². The number of nitrogens with one attached hydrogen (secondary N) is 1. The molecule has 0 radical (unpaired) electrons. The number of benzene rings is 2. The first kappa shape index (κ1) is 27.2. The van der Waals surface area contributed by atoms with E-state index in [4.69, 9.17) is 25.7 Å². The molecule has 2 heterocycles. The van der Waals surface area contributed by atoms with E-state index in [9.17, 15) is 24.3 Å². The zero-order valence-electron chi connectivity index (χ0n) is 20.7. The number of carbonyl (C=O) groups excluding carboxylic acids is 4. The monoisotopic (exact) mass is 555 g/mol. The van der Waals surface area contributed by atoms with Crippen molar-refractivity contribution in [3.05, 3.63) is 58.6 Å². The molecule has 6 N–H and O–H groups in total. The van der Waals surface area contributed by atoms with Crippen molar-refractivity contribution in [1.82, 2.24) is 9.69 Å². The largest absolute Gasteiger partial charge is 0.508 e. The molecule has 0 aliphatic carbocycles. The van der Waals surface area contributed by atoms with Crippen molar-refractivity contribution < 1.29 is 38.5 Å². The van der Waals surface area contributed by atoms with Crippen molar-refractivity contribution in [2.24, 2.45) is 5.73 Å². The van der Waals surface area contributed by atoms with Crippen LogP contribution in [0.25, 0.3) is 0 Å². The van der Waals surface area contributed by atoms with Crippen molar-refractivity contribution in [2.45, 2.75) is 13.0 Å². The number of hydrogen-bond donors (Lipinski definition) is 4. The number of carbonyl (C=O) groups is 4. The Balaban J connectivity index is 1.85. The number of hydrogen-bond acceptors (Lipinski definition) is 11. The molecule has 0 bridgehead atoms. The maximum atomic E-state index is 14.1. The molecule has 0 fully saturated rings. The Kier molecular flexibility index (Phi) is 8.15. The quantitative estimate of drug-likeness (QED) is 0.280. The standard InChI is InChI=1S/C25H25N5O8S/c1-2-36-18(32)12-28-24(34)21(13-3-6-15(31)7-4-13)30(14-5-8-16-17(11-14)38-10-9-37-16)25(35)22-19(26)20(23(27)33)29-39-22/h3-8,11,21,31H,2,9-10,12,26H2,1H3,(H2,27,33)(H,28,34)/t21-/m0/s1. The van der Waals surface area contributed by atoms with Crippen LogP contribution >= 0.6 is 11.5 Å². The summed E-state index contributed by atoms with van der Waals surface area (Å²) in [5.41, 5.74) is 11.4. The van der Waals surface area contributed by atoms with E-state index in [2.05, 4.69) is 9.69 Å². The number of rotatable bonds is 9. The minimum Gasteiger partial charge on any atom is -0.508 e. The molecule has 1 aliphatic rings. The van der Waals surface area contributed by atoms with Crippen molar-refractivity contribution in [1.29, 1.82) is 0 Å². The number of nitrogens with two attached hydrogens (primary N) is 2. The van der Waals surface area contributed by atoms with Crippen LogP contribution in [0.3, 0.4) is 0 Å². The van der Waals surface area contributed by atoms with Gasteiger partial charge < -0.3 is 36.1 Å². The zero-order valence-corrected chi connectivity index (χ0v) is 21.5. The van der Waals surface area contributed by atoms with Gasteiger partial charge in [-0.2, -0.15) is 4.37 Å². The summed E-state index contributed by atoms with van der Waals surface area (Å²) in [5.74, 6) is -2.41. The van der Waals surface area contributed by atoms with Crippen LogP contribution in [0, 0.1) is 0 Å². The minimum absolute atomic E-state index is 0.0700. The Morgan fingerprint density at radius 2 is 1.82 bits per heavy atom. The zero-order chi connectivity index (χ0) is 28.1. The first-order valence-corrected chi connectivity index (χ1v) is 12.5. The first-order valence-electron chi connectivity index (χ1n) is 11.7. The lowest BCUT2D eigenvalue weighted by molar-refractivity contribution is -0.143. The number of fused-ring (bicyclic) bond motifs is 1. The number of nitrogens with zero attached hydrogens (tertiary/aromatic N) is 2. The van der Waals surface area contributed by atoms with Crippen molar-refractivity contribution >= 4 is 46.6 Å². The number of aromatic nitrogens is 1. The third-order valence-electron chi connectivity index (χ3n) is 5.61. The second kappa shape index (κ2) is 11.7. The molecule has 0 unspecified atom stereocenters. The van der Waals surface area contributed by atoms with Crippen LogP contribution in [0.1, 0.15) is 38.7 Å². The summed E-state index contributed by atoms with van der Waals surface area (Å²) in [4.78, 5) is 52.4. The fourth-order valence-electron chi connectivity index (χ4n) is 3.85. The molecule has 0 spiro atoms. The van der Waals surface area contributed by atoms with Gasteiger partial charge in [0.25, 0.3) is 11.8 Å². The van der Waals surface area contributed by atoms with Gasteiger partial charge in [-0.1, -0.05) is 12.1 Å².